The van der Waals surface area contributed by atoms with Crippen molar-refractivity contribution in [1.82, 2.24) is 9.62 Å². The molecule has 0 saturated carbocycles. The summed E-state index contributed by atoms with van der Waals surface area (Å²) < 4.78 is 40.3. The van der Waals surface area contributed by atoms with E-state index < -0.39 is 15.8 Å². The molecule has 8 heteroatoms. The summed E-state index contributed by atoms with van der Waals surface area (Å²) >= 11 is 2.96. The number of hydrogen-bond donors (Lipinski definition) is 2. The minimum atomic E-state index is -3.80. The van der Waals surface area contributed by atoms with Crippen molar-refractivity contribution >= 4 is 31.6 Å². The Bertz CT molecular complexity index is 603. The Morgan fingerprint density at radius 2 is 1.95 bits per heavy atom. The van der Waals surface area contributed by atoms with E-state index in [0.717, 1.165) is 12.1 Å². The van der Waals surface area contributed by atoms with Crippen molar-refractivity contribution in [2.24, 2.45) is 0 Å². The maximum atomic E-state index is 13.3. The Labute approximate surface area is 127 Å². The molecule has 1 aromatic carbocycles. The van der Waals surface area contributed by atoms with Crippen LogP contribution in [-0.2, 0) is 10.0 Å². The molecule has 20 heavy (non-hydrogen) atoms. The lowest BCUT2D eigenvalue weighted by atomic mass is 10.1. The van der Waals surface area contributed by atoms with E-state index in [2.05, 4.69) is 20.7 Å². The molecule has 0 aromatic heterocycles. The first-order valence-electron chi connectivity index (χ1n) is 5.89. The molecule has 3 N–H and O–H groups in total. The molecule has 0 aliphatic heterocycles. The number of hydrogen-bond acceptors (Lipinski definition) is 4. The summed E-state index contributed by atoms with van der Waals surface area (Å²) in [4.78, 5) is 1.76. The van der Waals surface area contributed by atoms with E-state index in [1.807, 2.05) is 32.8 Å². The molecule has 0 unspecified atom stereocenters. The second-order valence-corrected chi connectivity index (χ2v) is 7.93. The molecule has 0 atom stereocenters. The van der Waals surface area contributed by atoms with Crippen molar-refractivity contribution in [3.63, 3.8) is 0 Å². The second-order valence-electron chi connectivity index (χ2n) is 5.34. The van der Waals surface area contributed by atoms with Crippen molar-refractivity contribution in [3.8, 4) is 0 Å². The lowest BCUT2D eigenvalue weighted by Gasteiger charge is -2.32. The van der Waals surface area contributed by atoms with Crippen LogP contribution in [0.5, 0.6) is 0 Å². The fourth-order valence-corrected chi connectivity index (χ4v) is 3.12. The Morgan fingerprint density at radius 1 is 1.40 bits per heavy atom. The van der Waals surface area contributed by atoms with Crippen LogP contribution in [0.4, 0.5) is 10.1 Å². The average molecular weight is 368 g/mol. The van der Waals surface area contributed by atoms with Gasteiger partial charge in [0.1, 0.15) is 10.7 Å². The van der Waals surface area contributed by atoms with Crippen LogP contribution in [0.3, 0.4) is 0 Å². The first-order chi connectivity index (χ1) is 8.97. The first kappa shape index (κ1) is 17.4. The zero-order valence-corrected chi connectivity index (χ0v) is 14.3. The highest BCUT2D eigenvalue weighted by molar-refractivity contribution is 9.10. The molecule has 1 rings (SSSR count). The van der Waals surface area contributed by atoms with Gasteiger partial charge in [-0.1, -0.05) is 0 Å². The number of nitrogens with one attached hydrogen (secondary N) is 1. The SMILES string of the molecule is CN(C)C(C)(C)CNS(=O)(=O)c1cc(Br)c(F)cc1N. The fourth-order valence-electron chi connectivity index (χ4n) is 1.28. The third-order valence-electron chi connectivity index (χ3n) is 3.25. The molecule has 0 amide bonds. The summed E-state index contributed by atoms with van der Waals surface area (Å²) in [6.07, 6.45) is 0. The lowest BCUT2D eigenvalue weighted by Crippen LogP contribution is -2.48. The van der Waals surface area contributed by atoms with Crippen LogP contribution < -0.4 is 10.5 Å². The predicted octanol–water partition coefficient (Wildman–Crippen LogP) is 1.79. The molecule has 0 saturated heterocycles. The molecule has 114 valence electrons. The number of halogens is 2. The fraction of sp³-hybridized carbons (Fsp3) is 0.500. The normalized spacial score (nSPS) is 12.9. The monoisotopic (exact) mass is 367 g/mol. The zero-order valence-electron chi connectivity index (χ0n) is 11.9. The number of anilines is 1. The van der Waals surface area contributed by atoms with Gasteiger partial charge < -0.3 is 10.6 Å². The highest BCUT2D eigenvalue weighted by Crippen LogP contribution is 2.26. The molecule has 0 fully saturated rings. The molecular formula is C12H19BrFN3O2S. The number of rotatable bonds is 5. The Morgan fingerprint density at radius 3 is 2.45 bits per heavy atom. The number of benzene rings is 1. The third-order valence-corrected chi connectivity index (χ3v) is 5.31. The largest absolute Gasteiger partial charge is 0.398 e. The molecule has 5 nitrogen and oxygen atoms in total. The highest BCUT2D eigenvalue weighted by atomic mass is 79.9. The van der Waals surface area contributed by atoms with E-state index in [1.165, 1.54) is 0 Å². The van der Waals surface area contributed by atoms with Crippen LogP contribution in [0, 0.1) is 5.82 Å². The van der Waals surface area contributed by atoms with Crippen LogP contribution in [-0.4, -0.2) is 39.5 Å². The van der Waals surface area contributed by atoms with Crippen LogP contribution in [0.25, 0.3) is 0 Å². The van der Waals surface area contributed by atoms with E-state index in [-0.39, 0.29) is 27.1 Å². The van der Waals surface area contributed by atoms with Crippen molar-refractivity contribution in [1.29, 1.82) is 0 Å². The molecular weight excluding hydrogens is 349 g/mol. The molecule has 0 bridgehead atoms. The van der Waals surface area contributed by atoms with Gasteiger partial charge in [0.05, 0.1) is 10.2 Å². The summed E-state index contributed by atoms with van der Waals surface area (Å²) in [5, 5.41) is 0. The lowest BCUT2D eigenvalue weighted by molar-refractivity contribution is 0.199. The maximum absolute atomic E-state index is 13.3. The van der Waals surface area contributed by atoms with Crippen LogP contribution in [0.2, 0.25) is 0 Å². The Balaban J connectivity index is 3.04. The van der Waals surface area contributed by atoms with Crippen molar-refractivity contribution < 1.29 is 12.8 Å². The van der Waals surface area contributed by atoms with Gasteiger partial charge >= 0.3 is 0 Å². The molecule has 0 spiro atoms. The van der Waals surface area contributed by atoms with Gasteiger partial charge in [0.25, 0.3) is 0 Å². The van der Waals surface area contributed by atoms with Crippen molar-refractivity contribution in [2.75, 3.05) is 26.4 Å². The first-order valence-corrected chi connectivity index (χ1v) is 8.16. The minimum absolute atomic E-state index is 0.0546. The standard InChI is InChI=1S/C12H19BrFN3O2S/c1-12(2,17(3)4)7-16-20(18,19)11-5-8(13)9(14)6-10(11)15/h5-6,16H,7,15H2,1-4H3. The molecule has 0 aliphatic carbocycles. The molecule has 1 aromatic rings. The zero-order chi connectivity index (χ0) is 15.7. The van der Waals surface area contributed by atoms with Gasteiger partial charge in [0, 0.05) is 12.1 Å². The summed E-state index contributed by atoms with van der Waals surface area (Å²) in [7, 11) is -0.0787. The third kappa shape index (κ3) is 3.91. The summed E-state index contributed by atoms with van der Waals surface area (Å²) in [5.74, 6) is -0.602. The van der Waals surface area contributed by atoms with Gasteiger partial charge in [0.2, 0.25) is 10.0 Å². The number of nitrogens with two attached hydrogens (primary N) is 1. The second kappa shape index (κ2) is 5.97. The number of nitrogens with zero attached hydrogens (tertiary/aromatic N) is 1. The quantitative estimate of drug-likeness (QED) is 0.777. The summed E-state index contributed by atoms with van der Waals surface area (Å²) in [6, 6.07) is 2.14. The van der Waals surface area contributed by atoms with Gasteiger partial charge in [-0.2, -0.15) is 0 Å². The topological polar surface area (TPSA) is 75.4 Å². The average Bonchev–Trinajstić information content (AvgIpc) is 2.31. The maximum Gasteiger partial charge on any atom is 0.242 e. The Kier molecular flexibility index (Phi) is 5.18. The van der Waals surface area contributed by atoms with Gasteiger partial charge in [-0.05, 0) is 56.0 Å². The van der Waals surface area contributed by atoms with E-state index in [1.54, 1.807) is 0 Å². The van der Waals surface area contributed by atoms with E-state index >= 15 is 0 Å². The number of sulfonamides is 1. The highest BCUT2D eigenvalue weighted by Gasteiger charge is 2.25. The Hall–Kier alpha value is -0.700. The van der Waals surface area contributed by atoms with E-state index in [4.69, 9.17) is 5.73 Å². The number of likely N-dealkylation sites (N-methyl/N-ethyl adjacent to an activating group) is 1. The van der Waals surface area contributed by atoms with E-state index in [9.17, 15) is 12.8 Å². The van der Waals surface area contributed by atoms with Crippen LogP contribution in [0.1, 0.15) is 13.8 Å². The van der Waals surface area contributed by atoms with E-state index in [0.29, 0.717) is 0 Å². The van der Waals surface area contributed by atoms with Crippen molar-refractivity contribution in [3.05, 3.63) is 22.4 Å². The predicted molar refractivity (Wildman–Crippen MR) is 81.5 cm³/mol. The van der Waals surface area contributed by atoms with Gasteiger partial charge in [-0.25, -0.2) is 17.5 Å². The molecule has 0 heterocycles. The van der Waals surface area contributed by atoms with Crippen LogP contribution in [0.15, 0.2) is 21.5 Å². The smallest absolute Gasteiger partial charge is 0.242 e. The summed E-state index contributed by atoms with van der Waals surface area (Å²) in [5.41, 5.74) is 5.10. The number of nitrogen functional groups attached to an aromatic ring is 1. The van der Waals surface area contributed by atoms with Gasteiger partial charge in [-0.3, -0.25) is 0 Å². The summed E-state index contributed by atoms with van der Waals surface area (Å²) in [6.45, 7) is 4.01. The van der Waals surface area contributed by atoms with Gasteiger partial charge in [-0.15, -0.1) is 0 Å². The molecule has 0 radical (unpaired) electrons. The van der Waals surface area contributed by atoms with Crippen molar-refractivity contribution in [2.45, 2.75) is 24.3 Å². The van der Waals surface area contributed by atoms with Gasteiger partial charge in [0.15, 0.2) is 0 Å². The minimum Gasteiger partial charge on any atom is -0.398 e. The van der Waals surface area contributed by atoms with Crippen LogP contribution >= 0.6 is 15.9 Å². The molecule has 0 aliphatic rings.